The zero-order valence-corrected chi connectivity index (χ0v) is 21.9. The van der Waals surface area contributed by atoms with E-state index in [1.165, 1.54) is 17.5 Å². The zero-order chi connectivity index (χ0) is 25.3. The van der Waals surface area contributed by atoms with Gasteiger partial charge >= 0.3 is 0 Å². The van der Waals surface area contributed by atoms with Crippen LogP contribution in [0.1, 0.15) is 92.0 Å². The molecule has 0 aromatic heterocycles. The number of benzene rings is 3. The molecule has 1 aliphatic rings. The second kappa shape index (κ2) is 13.0. The van der Waals surface area contributed by atoms with Crippen LogP contribution in [0.3, 0.4) is 0 Å². The topological polar surface area (TPSA) is 0 Å². The van der Waals surface area contributed by atoms with Gasteiger partial charge in [0.2, 0.25) is 0 Å². The highest BCUT2D eigenvalue weighted by atomic mass is 19.1. The van der Waals surface area contributed by atoms with E-state index in [0.29, 0.717) is 12.3 Å². The minimum atomic E-state index is -0.385. The molecule has 3 aromatic carbocycles. The fraction of sp³-hybridized carbons (Fsp3) is 0.412. The van der Waals surface area contributed by atoms with Gasteiger partial charge in [-0.2, -0.15) is 0 Å². The molecule has 0 N–H and O–H groups in total. The molecule has 1 saturated carbocycles. The summed E-state index contributed by atoms with van der Waals surface area (Å²) in [5.41, 5.74) is 4.98. The van der Waals surface area contributed by atoms with E-state index in [1.54, 1.807) is 12.1 Å². The Labute approximate surface area is 216 Å². The lowest BCUT2D eigenvalue weighted by atomic mass is 9.76. The van der Waals surface area contributed by atoms with Crippen LogP contribution in [-0.2, 0) is 19.3 Å². The van der Waals surface area contributed by atoms with E-state index in [9.17, 15) is 8.78 Å². The van der Waals surface area contributed by atoms with Crippen molar-refractivity contribution >= 4 is 0 Å². The van der Waals surface area contributed by atoms with Gasteiger partial charge in [0.05, 0.1) is 0 Å². The molecule has 1 aliphatic carbocycles. The van der Waals surface area contributed by atoms with Crippen LogP contribution in [0, 0.1) is 17.6 Å². The smallest absolute Gasteiger partial charge is 0.129 e. The first-order valence-corrected chi connectivity index (χ1v) is 13.7. The molecule has 0 unspecified atom stereocenters. The monoisotopic (exact) mass is 486 g/mol. The van der Waals surface area contributed by atoms with E-state index in [2.05, 4.69) is 43.3 Å². The summed E-state index contributed by atoms with van der Waals surface area (Å²) in [5.74, 6) is 0.276. The van der Waals surface area contributed by atoms with E-state index in [0.717, 1.165) is 56.1 Å². The summed E-state index contributed by atoms with van der Waals surface area (Å²) in [6, 6.07) is 22.3. The standard InChI is InChI=1S/C34H40F2/c1-3-4-6-9-26-12-14-27(15-13-26)16-17-28-18-20-30(21-19-28)31-23-33(35)32(34(36)24-31)22-25(2)29-10-7-5-8-11-29/h3-5,7-8,10-15,23-25,28,30H,6,9,16-22H2,1-2H3/b4-3+/t25-,28?,30?/m1/s1. The molecular formula is C34H40F2. The molecule has 2 heteroatoms. The lowest BCUT2D eigenvalue weighted by molar-refractivity contribution is 0.309. The number of hydrogen-bond donors (Lipinski definition) is 0. The molecule has 1 atom stereocenters. The molecule has 0 radical (unpaired) electrons. The predicted octanol–water partition coefficient (Wildman–Crippen LogP) is 9.73. The normalized spacial score (nSPS) is 19.0. The second-order valence-corrected chi connectivity index (χ2v) is 10.7. The maximum absolute atomic E-state index is 15.0. The largest absolute Gasteiger partial charge is 0.207 e. The minimum absolute atomic E-state index is 0.0749. The summed E-state index contributed by atoms with van der Waals surface area (Å²) in [4.78, 5) is 0. The summed E-state index contributed by atoms with van der Waals surface area (Å²) >= 11 is 0. The highest BCUT2D eigenvalue weighted by Crippen LogP contribution is 2.38. The van der Waals surface area contributed by atoms with Gasteiger partial charge in [0.15, 0.2) is 0 Å². The average Bonchev–Trinajstić information content (AvgIpc) is 2.91. The molecule has 0 amide bonds. The molecule has 0 spiro atoms. The van der Waals surface area contributed by atoms with E-state index in [-0.39, 0.29) is 29.0 Å². The van der Waals surface area contributed by atoms with Crippen molar-refractivity contribution in [2.45, 2.75) is 83.5 Å². The molecule has 36 heavy (non-hydrogen) atoms. The number of hydrogen-bond acceptors (Lipinski definition) is 0. The Morgan fingerprint density at radius 3 is 2.06 bits per heavy atom. The van der Waals surface area contributed by atoms with Crippen molar-refractivity contribution < 1.29 is 8.78 Å². The van der Waals surface area contributed by atoms with Crippen molar-refractivity contribution in [2.24, 2.45) is 5.92 Å². The van der Waals surface area contributed by atoms with Crippen molar-refractivity contribution in [3.63, 3.8) is 0 Å². The molecule has 1 fully saturated rings. The molecular weight excluding hydrogens is 446 g/mol. The second-order valence-electron chi connectivity index (χ2n) is 10.7. The van der Waals surface area contributed by atoms with Crippen molar-refractivity contribution in [1.82, 2.24) is 0 Å². The summed E-state index contributed by atoms with van der Waals surface area (Å²) in [5, 5.41) is 0. The van der Waals surface area contributed by atoms with Gasteiger partial charge in [-0.05, 0) is 117 Å². The number of halogens is 2. The van der Waals surface area contributed by atoms with Crippen molar-refractivity contribution in [3.05, 3.63) is 118 Å². The van der Waals surface area contributed by atoms with Crippen LogP contribution >= 0.6 is 0 Å². The van der Waals surface area contributed by atoms with E-state index >= 15 is 0 Å². The lowest BCUT2D eigenvalue weighted by Crippen LogP contribution is -2.15. The maximum atomic E-state index is 15.0. The van der Waals surface area contributed by atoms with Crippen LogP contribution in [0.2, 0.25) is 0 Å². The molecule has 0 heterocycles. The summed E-state index contributed by atoms with van der Waals surface area (Å²) in [7, 11) is 0. The summed E-state index contributed by atoms with van der Waals surface area (Å²) in [6.07, 6.45) is 13.5. The van der Waals surface area contributed by atoms with E-state index in [1.807, 2.05) is 37.3 Å². The Bertz CT molecular complexity index is 1080. The maximum Gasteiger partial charge on any atom is 0.129 e. The highest BCUT2D eigenvalue weighted by Gasteiger charge is 2.24. The minimum Gasteiger partial charge on any atom is -0.207 e. The fourth-order valence-corrected chi connectivity index (χ4v) is 5.70. The Balaban J connectivity index is 1.27. The third kappa shape index (κ3) is 7.15. The first-order chi connectivity index (χ1) is 17.5. The van der Waals surface area contributed by atoms with Crippen molar-refractivity contribution in [3.8, 4) is 0 Å². The highest BCUT2D eigenvalue weighted by molar-refractivity contribution is 5.31. The number of rotatable bonds is 10. The Kier molecular flexibility index (Phi) is 9.50. The Hall–Kier alpha value is -2.74. The molecule has 4 rings (SSSR count). The molecule has 3 aromatic rings. The van der Waals surface area contributed by atoms with Crippen LogP contribution in [0.25, 0.3) is 0 Å². The third-order valence-corrected chi connectivity index (χ3v) is 8.06. The molecule has 0 bridgehead atoms. The molecule has 0 aliphatic heterocycles. The first kappa shape index (κ1) is 26.3. The van der Waals surface area contributed by atoms with Gasteiger partial charge in [0.25, 0.3) is 0 Å². The summed E-state index contributed by atoms with van der Waals surface area (Å²) in [6.45, 7) is 4.10. The number of allylic oxidation sites excluding steroid dienone is 2. The SMILES string of the molecule is C/C=C/CCc1ccc(CCC2CCC(c3cc(F)c(C[C@@H](C)c4ccccc4)c(F)c3)CC2)cc1. The van der Waals surface area contributed by atoms with Gasteiger partial charge in [-0.3, -0.25) is 0 Å². The third-order valence-electron chi connectivity index (χ3n) is 8.06. The lowest BCUT2D eigenvalue weighted by Gasteiger charge is -2.29. The summed E-state index contributed by atoms with van der Waals surface area (Å²) < 4.78 is 30.0. The number of aryl methyl sites for hydroxylation is 2. The van der Waals surface area contributed by atoms with Crippen molar-refractivity contribution in [2.75, 3.05) is 0 Å². The van der Waals surface area contributed by atoms with Gasteiger partial charge in [-0.25, -0.2) is 8.78 Å². The molecule has 0 nitrogen and oxygen atoms in total. The fourth-order valence-electron chi connectivity index (χ4n) is 5.70. The molecule has 0 saturated heterocycles. The van der Waals surface area contributed by atoms with Crippen LogP contribution in [0.5, 0.6) is 0 Å². The molecule has 190 valence electrons. The van der Waals surface area contributed by atoms with E-state index in [4.69, 9.17) is 0 Å². The van der Waals surface area contributed by atoms with E-state index < -0.39 is 0 Å². The van der Waals surface area contributed by atoms with Crippen LogP contribution in [-0.4, -0.2) is 0 Å². The Morgan fingerprint density at radius 1 is 0.833 bits per heavy atom. The Morgan fingerprint density at radius 2 is 1.44 bits per heavy atom. The van der Waals surface area contributed by atoms with Crippen LogP contribution < -0.4 is 0 Å². The van der Waals surface area contributed by atoms with Gasteiger partial charge in [0.1, 0.15) is 11.6 Å². The first-order valence-electron chi connectivity index (χ1n) is 13.7. The van der Waals surface area contributed by atoms with Crippen molar-refractivity contribution in [1.29, 1.82) is 0 Å². The predicted molar refractivity (Wildman–Crippen MR) is 148 cm³/mol. The average molecular weight is 487 g/mol. The van der Waals surface area contributed by atoms with Gasteiger partial charge in [0, 0.05) is 5.56 Å². The van der Waals surface area contributed by atoms with Crippen LogP contribution in [0.4, 0.5) is 8.78 Å². The van der Waals surface area contributed by atoms with Crippen LogP contribution in [0.15, 0.2) is 78.9 Å². The quantitative estimate of drug-likeness (QED) is 0.250. The zero-order valence-electron chi connectivity index (χ0n) is 21.9. The van der Waals surface area contributed by atoms with Gasteiger partial charge in [-0.1, -0.05) is 73.7 Å². The van der Waals surface area contributed by atoms with Gasteiger partial charge < -0.3 is 0 Å². The van der Waals surface area contributed by atoms with Gasteiger partial charge in [-0.15, -0.1) is 0 Å².